The number of hydrogen-bond acceptors (Lipinski definition) is 25. The largest absolute Gasteiger partial charge is 0.433 e. The minimum atomic E-state index is -4.61. The summed E-state index contributed by atoms with van der Waals surface area (Å²) in [6, 6.07) is 18.2. The highest BCUT2D eigenvalue weighted by Crippen LogP contribution is 2.40. The third-order valence-corrected chi connectivity index (χ3v) is 21.4. The Morgan fingerprint density at radius 3 is 1.27 bits per heavy atom. The first-order chi connectivity index (χ1) is 61.1. The van der Waals surface area contributed by atoms with Gasteiger partial charge in [0, 0.05) is 94.0 Å². The number of ether oxygens (including phenoxy) is 1. The van der Waals surface area contributed by atoms with Crippen LogP contribution >= 0.6 is 45.3 Å². The monoisotopic (exact) mass is 1860 g/mol. The molecule has 0 unspecified atom stereocenters. The maximum atomic E-state index is 13.3. The second kappa shape index (κ2) is 38.6. The lowest BCUT2D eigenvalue weighted by molar-refractivity contribution is -0.143. The van der Waals surface area contributed by atoms with Crippen molar-refractivity contribution >= 4 is 91.7 Å². The molecule has 16 aromatic rings. The summed E-state index contributed by atoms with van der Waals surface area (Å²) in [5.74, 6) is -2.46. The fraction of sp³-hybridized carbons (Fsp3) is 0.211. The van der Waals surface area contributed by atoms with Crippen LogP contribution in [0.3, 0.4) is 0 Å². The number of aromatic nitrogens is 24. The molecule has 0 saturated heterocycles. The summed E-state index contributed by atoms with van der Waals surface area (Å²) in [4.78, 5) is 83.9. The Balaban J connectivity index is 0.000000138. The van der Waals surface area contributed by atoms with Gasteiger partial charge in [-0.1, -0.05) is 24.3 Å². The van der Waals surface area contributed by atoms with Gasteiger partial charge in [0.2, 0.25) is 0 Å². The maximum Gasteiger partial charge on any atom is 0.433 e. The number of anilines is 4. The molecule has 16 heterocycles. The molecule has 0 radical (unpaired) electrons. The number of aromatic amines is 2. The van der Waals surface area contributed by atoms with Crippen LogP contribution in [0.4, 0.5) is 88.6 Å². The zero-order valence-corrected chi connectivity index (χ0v) is 68.6. The van der Waals surface area contributed by atoms with E-state index < -0.39 is 80.6 Å². The number of alkyl halides is 15. The zero-order chi connectivity index (χ0) is 90.9. The van der Waals surface area contributed by atoms with E-state index in [0.29, 0.717) is 62.9 Å². The minimum absolute atomic E-state index is 0.00143. The SMILES string of the molecule is CCOC1CC(n2cc(NC(=O)c3csc(-c4cn[nH]c4C)n3)c(-c3cccc(C(F)(F)F)n3)n2)C1.Cc1[nH]ncc1-c1nc(C(=O)Nc2cn(CC(F)(F)F)nc2-c2ccccn2)cs1.O=C(Nc1cn(C(F)F)nc1-c1ccccn1)c1csc(-c2cnn(C(F)F)c2)n1.O=C(Nc1cn(C(F)F)nc1-c1ccccn1)c1csc(-c2cnn(CC(F)(F)F)c2)n1. The second-order valence-corrected chi connectivity index (χ2v) is 30.4. The van der Waals surface area contributed by atoms with Crippen LogP contribution in [0.5, 0.6) is 0 Å². The quantitative estimate of drug-likeness (QED) is 0.0306. The Kier molecular flexibility index (Phi) is 27.1. The molecule has 17 rings (SSSR count). The van der Waals surface area contributed by atoms with Gasteiger partial charge in [-0.2, -0.15) is 107 Å². The number of aryl methyl sites for hydroxylation is 2. The van der Waals surface area contributed by atoms with E-state index in [1.807, 2.05) is 20.8 Å². The standard InChI is InChI=1S/C23H22F3N7O2S.C18H12F5N7OS.C18H14F3N7OS.C17H11F4N7OS/c1-3-35-14-7-13(8-14)33-10-17(20(32-33)16-5-4-6-19(28-16)23(24,25)26)29-21(34)18-11-36-22(30-18)15-9-27-31-12(15)2;19-17(20)30-7-12(14(28-30)11-3-1-2-4-24-11)26-15(31)13-8-32-16(27-13)10-5-25-29(6-10)9-18(21,22)23;1-10-11(6-23-26-10)17-25-14(8-30-17)16(29)24-13-7-28(9-18(19,20)21)27-15(13)12-4-2-3-5-22-12;18-16(19)27-6-9(5-23-27)15-25-12(8-30-15)14(29)24-11-7-28(17(20)21)26-13(11)10-3-1-2-4-22-10/h4-6,9-11,13-14H,3,7-8H2,1-2H3,(H,27,31)(H,29,34);1-8,17H,9H2,(H,26,31);2-8H,9H2,1H3,(H,23,26)(H,24,29);1-8,16-17H,(H,24,29). The summed E-state index contributed by atoms with van der Waals surface area (Å²) in [5, 5.41) is 54.9. The Bertz CT molecular complexity index is 6520. The Morgan fingerprint density at radius 1 is 0.453 bits per heavy atom. The van der Waals surface area contributed by atoms with Gasteiger partial charge in [0.25, 0.3) is 23.6 Å². The molecule has 0 aliphatic heterocycles. The predicted molar refractivity (Wildman–Crippen MR) is 434 cm³/mol. The molecule has 1 saturated carbocycles. The van der Waals surface area contributed by atoms with Crippen LogP contribution in [0.1, 0.15) is 104 Å². The highest BCUT2D eigenvalue weighted by atomic mass is 32.1. The number of thiazole rings is 4. The van der Waals surface area contributed by atoms with Gasteiger partial charge in [-0.15, -0.1) is 45.3 Å². The van der Waals surface area contributed by atoms with Crippen LogP contribution in [-0.2, 0) is 24.0 Å². The first kappa shape index (κ1) is 89.9. The average molecular weight is 1860 g/mol. The number of halogens is 15. The topological polar surface area (TPSA) is 393 Å². The number of amides is 4. The molecule has 0 bridgehead atoms. The van der Waals surface area contributed by atoms with Gasteiger partial charge in [-0.05, 0) is 82.1 Å². The highest BCUT2D eigenvalue weighted by Gasteiger charge is 2.37. The van der Waals surface area contributed by atoms with Gasteiger partial charge < -0.3 is 26.0 Å². The van der Waals surface area contributed by atoms with E-state index in [0.717, 1.165) is 93.6 Å². The lowest BCUT2D eigenvalue weighted by atomic mass is 9.89. The minimum Gasteiger partial charge on any atom is -0.378 e. The average Bonchev–Trinajstić information content (AvgIpc) is 1.63. The molecule has 128 heavy (non-hydrogen) atoms. The van der Waals surface area contributed by atoms with Gasteiger partial charge in [0.1, 0.15) is 84.4 Å². The summed E-state index contributed by atoms with van der Waals surface area (Å²) in [6.45, 7) is -4.97. The van der Waals surface area contributed by atoms with Gasteiger partial charge >= 0.3 is 38.2 Å². The summed E-state index contributed by atoms with van der Waals surface area (Å²) in [7, 11) is 0. The highest BCUT2D eigenvalue weighted by molar-refractivity contribution is 7.14. The smallest absolute Gasteiger partial charge is 0.378 e. The first-order valence-electron chi connectivity index (χ1n) is 37.0. The zero-order valence-electron chi connectivity index (χ0n) is 65.3. The third kappa shape index (κ3) is 22.1. The molecular formula is C76H59F15N28O5S4. The number of H-pyrrole nitrogens is 2. The Hall–Kier alpha value is -14.4. The summed E-state index contributed by atoms with van der Waals surface area (Å²) in [6.07, 6.45) is 5.11. The van der Waals surface area contributed by atoms with Gasteiger partial charge in [-0.25, -0.2) is 39.0 Å². The van der Waals surface area contributed by atoms with Crippen molar-refractivity contribution in [2.45, 2.75) is 97.0 Å². The van der Waals surface area contributed by atoms with Crippen molar-refractivity contribution in [1.29, 1.82) is 0 Å². The second-order valence-electron chi connectivity index (χ2n) is 26.9. The first-order valence-corrected chi connectivity index (χ1v) is 40.5. The van der Waals surface area contributed by atoms with Crippen LogP contribution in [0.25, 0.3) is 87.8 Å². The normalized spacial score (nSPS) is 13.3. The van der Waals surface area contributed by atoms with E-state index in [-0.39, 0.29) is 96.8 Å². The molecule has 0 aromatic carbocycles. The van der Waals surface area contributed by atoms with Crippen molar-refractivity contribution in [3.63, 3.8) is 0 Å². The predicted octanol–water partition coefficient (Wildman–Crippen LogP) is 17.8. The molecule has 6 N–H and O–H groups in total. The Labute approximate surface area is 724 Å². The lowest BCUT2D eigenvalue weighted by Gasteiger charge is -2.34. The van der Waals surface area contributed by atoms with E-state index >= 15 is 0 Å². The summed E-state index contributed by atoms with van der Waals surface area (Å²) < 4.78 is 203. The van der Waals surface area contributed by atoms with Crippen molar-refractivity contribution in [3.8, 4) is 87.8 Å². The van der Waals surface area contributed by atoms with Crippen molar-refractivity contribution in [2.24, 2.45) is 0 Å². The number of nitrogens with one attached hydrogen (secondary N) is 6. The molecule has 1 fully saturated rings. The maximum absolute atomic E-state index is 13.3. The molecule has 1 aliphatic rings. The number of nitrogens with zero attached hydrogens (tertiary/aromatic N) is 22. The van der Waals surface area contributed by atoms with Crippen molar-refractivity contribution in [2.75, 3.05) is 27.9 Å². The molecule has 4 amide bonds. The van der Waals surface area contributed by atoms with Crippen LogP contribution in [-0.4, -0.2) is 168 Å². The van der Waals surface area contributed by atoms with E-state index in [1.165, 1.54) is 82.7 Å². The van der Waals surface area contributed by atoms with E-state index in [2.05, 4.69) is 112 Å². The molecule has 0 spiro atoms. The number of hydrogen-bond donors (Lipinski definition) is 6. The van der Waals surface area contributed by atoms with Crippen molar-refractivity contribution in [3.05, 3.63) is 215 Å². The molecule has 52 heteroatoms. The van der Waals surface area contributed by atoms with E-state index in [1.54, 1.807) is 88.6 Å². The van der Waals surface area contributed by atoms with Crippen LogP contribution < -0.4 is 21.3 Å². The van der Waals surface area contributed by atoms with Crippen LogP contribution in [0, 0.1) is 13.8 Å². The molecular weight excluding hydrogens is 1800 g/mol. The molecule has 662 valence electrons. The van der Waals surface area contributed by atoms with Crippen molar-refractivity contribution < 1.29 is 89.8 Å². The summed E-state index contributed by atoms with van der Waals surface area (Å²) >= 11 is 4.63. The lowest BCUT2D eigenvalue weighted by Crippen LogP contribution is -2.33. The van der Waals surface area contributed by atoms with Gasteiger partial charge in [0.15, 0.2) is 0 Å². The molecule has 33 nitrogen and oxygen atoms in total. The van der Waals surface area contributed by atoms with Gasteiger partial charge in [-0.3, -0.25) is 58.4 Å². The third-order valence-electron chi connectivity index (χ3n) is 17.9. The fourth-order valence-corrected chi connectivity index (χ4v) is 15.2. The van der Waals surface area contributed by atoms with Crippen LogP contribution in [0.2, 0.25) is 0 Å². The van der Waals surface area contributed by atoms with Crippen LogP contribution in [0.15, 0.2) is 175 Å². The molecule has 0 atom stereocenters. The number of carbonyl (C=O) groups is 4. The molecule has 1 aliphatic carbocycles. The number of carbonyl (C=O) groups excluding carboxylic acids is 4. The Morgan fingerprint density at radius 2 is 0.859 bits per heavy atom. The summed E-state index contributed by atoms with van der Waals surface area (Å²) in [5.41, 5.74) is 4.70. The number of rotatable bonds is 24. The fourth-order valence-electron chi connectivity index (χ4n) is 11.9. The van der Waals surface area contributed by atoms with Crippen molar-refractivity contribution in [1.82, 2.24) is 119 Å². The molecule has 16 aromatic heterocycles. The van der Waals surface area contributed by atoms with Gasteiger partial charge in [0.05, 0.1) is 106 Å². The number of pyridine rings is 4. The van der Waals surface area contributed by atoms with E-state index in [9.17, 15) is 85.0 Å². The van der Waals surface area contributed by atoms with E-state index in [4.69, 9.17) is 4.74 Å².